The van der Waals surface area contributed by atoms with Crippen LogP contribution in [0.25, 0.3) is 0 Å². The van der Waals surface area contributed by atoms with E-state index >= 15 is 0 Å². The number of ether oxygens (including phenoxy) is 3. The molecule has 1 unspecified atom stereocenters. The highest BCUT2D eigenvalue weighted by molar-refractivity contribution is 5.54. The SMILES string of the molecule is COc1ccc(C(C)(C)C)cc1C1NCCc2cc3c(cc21)OCO3. The Morgan fingerprint density at radius 3 is 2.52 bits per heavy atom. The average molecular weight is 339 g/mol. The van der Waals surface area contributed by atoms with Crippen LogP contribution in [-0.4, -0.2) is 20.4 Å². The van der Waals surface area contributed by atoms with Crippen LogP contribution < -0.4 is 19.5 Å². The Kier molecular flexibility index (Phi) is 3.88. The van der Waals surface area contributed by atoms with Gasteiger partial charge in [-0.3, -0.25) is 0 Å². The van der Waals surface area contributed by atoms with Crippen LogP contribution in [0.1, 0.15) is 49.1 Å². The lowest BCUT2D eigenvalue weighted by atomic mass is 9.83. The highest BCUT2D eigenvalue weighted by Gasteiger charge is 2.28. The molecular weight excluding hydrogens is 314 g/mol. The van der Waals surface area contributed by atoms with Crippen LogP contribution >= 0.6 is 0 Å². The molecule has 0 saturated heterocycles. The molecule has 4 rings (SSSR count). The fourth-order valence-corrected chi connectivity index (χ4v) is 3.65. The second-order valence-electron chi connectivity index (χ2n) is 7.75. The lowest BCUT2D eigenvalue weighted by Crippen LogP contribution is -2.31. The van der Waals surface area contributed by atoms with Gasteiger partial charge in [-0.25, -0.2) is 0 Å². The predicted molar refractivity (Wildman–Crippen MR) is 97.8 cm³/mol. The molecule has 2 aromatic carbocycles. The molecule has 0 radical (unpaired) electrons. The smallest absolute Gasteiger partial charge is 0.231 e. The number of rotatable bonds is 2. The van der Waals surface area contributed by atoms with E-state index in [1.165, 1.54) is 22.3 Å². The number of methoxy groups -OCH3 is 1. The van der Waals surface area contributed by atoms with Crippen molar-refractivity contribution in [2.45, 2.75) is 38.6 Å². The van der Waals surface area contributed by atoms with Crippen molar-refractivity contribution >= 4 is 0 Å². The second-order valence-corrected chi connectivity index (χ2v) is 7.75. The zero-order valence-electron chi connectivity index (χ0n) is 15.3. The maximum atomic E-state index is 5.68. The van der Waals surface area contributed by atoms with Gasteiger partial charge in [0, 0.05) is 12.1 Å². The molecule has 2 heterocycles. The summed E-state index contributed by atoms with van der Waals surface area (Å²) in [7, 11) is 1.74. The molecule has 1 atom stereocenters. The molecule has 0 aliphatic carbocycles. The van der Waals surface area contributed by atoms with Gasteiger partial charge in [0.1, 0.15) is 5.75 Å². The number of fused-ring (bicyclic) bond motifs is 2. The Morgan fingerprint density at radius 1 is 1.04 bits per heavy atom. The van der Waals surface area contributed by atoms with E-state index in [1.807, 2.05) is 0 Å². The molecule has 0 aromatic heterocycles. The largest absolute Gasteiger partial charge is 0.496 e. The maximum absolute atomic E-state index is 5.68. The average Bonchev–Trinajstić information content (AvgIpc) is 3.05. The van der Waals surface area contributed by atoms with Gasteiger partial charge in [0.25, 0.3) is 0 Å². The van der Waals surface area contributed by atoms with E-state index in [0.29, 0.717) is 6.79 Å². The number of nitrogens with one attached hydrogen (secondary N) is 1. The molecule has 0 spiro atoms. The van der Waals surface area contributed by atoms with Crippen LogP contribution in [0.15, 0.2) is 30.3 Å². The van der Waals surface area contributed by atoms with Gasteiger partial charge >= 0.3 is 0 Å². The minimum absolute atomic E-state index is 0.0907. The predicted octanol–water partition coefficient (Wildman–Crippen LogP) is 3.96. The molecule has 4 nitrogen and oxygen atoms in total. The Bertz CT molecular complexity index is 808. The monoisotopic (exact) mass is 339 g/mol. The molecule has 1 N–H and O–H groups in total. The molecule has 2 aromatic rings. The highest BCUT2D eigenvalue weighted by atomic mass is 16.7. The number of benzene rings is 2. The van der Waals surface area contributed by atoms with E-state index in [2.05, 4.69) is 56.4 Å². The van der Waals surface area contributed by atoms with Crippen LogP contribution in [0.3, 0.4) is 0 Å². The molecule has 2 aliphatic rings. The van der Waals surface area contributed by atoms with Gasteiger partial charge in [0.15, 0.2) is 11.5 Å². The molecular formula is C21H25NO3. The second kappa shape index (κ2) is 5.95. The van der Waals surface area contributed by atoms with Crippen molar-refractivity contribution in [2.75, 3.05) is 20.4 Å². The van der Waals surface area contributed by atoms with Crippen LogP contribution in [0.5, 0.6) is 17.2 Å². The van der Waals surface area contributed by atoms with Gasteiger partial charge in [-0.2, -0.15) is 0 Å². The quantitative estimate of drug-likeness (QED) is 0.899. The fourth-order valence-electron chi connectivity index (χ4n) is 3.65. The zero-order valence-corrected chi connectivity index (χ0v) is 15.3. The summed E-state index contributed by atoms with van der Waals surface area (Å²) in [4.78, 5) is 0. The van der Waals surface area contributed by atoms with Crippen LogP contribution in [0.4, 0.5) is 0 Å². The summed E-state index contributed by atoms with van der Waals surface area (Å²) in [5.41, 5.74) is 5.14. The number of hydrogen-bond donors (Lipinski definition) is 1. The third-order valence-corrected chi connectivity index (χ3v) is 5.09. The summed E-state index contributed by atoms with van der Waals surface area (Å²) in [6, 6.07) is 10.9. The number of hydrogen-bond acceptors (Lipinski definition) is 4. The van der Waals surface area contributed by atoms with Gasteiger partial charge in [-0.05, 0) is 52.8 Å². The summed E-state index contributed by atoms with van der Waals surface area (Å²) >= 11 is 0. The van der Waals surface area contributed by atoms with Gasteiger partial charge in [0.2, 0.25) is 6.79 Å². The molecule has 0 bridgehead atoms. The van der Waals surface area contributed by atoms with Gasteiger partial charge in [-0.15, -0.1) is 0 Å². The van der Waals surface area contributed by atoms with Crippen molar-refractivity contribution in [2.24, 2.45) is 0 Å². The third kappa shape index (κ3) is 2.85. The van der Waals surface area contributed by atoms with Crippen molar-refractivity contribution in [1.82, 2.24) is 5.32 Å². The summed E-state index contributed by atoms with van der Waals surface area (Å²) in [6.45, 7) is 7.94. The summed E-state index contributed by atoms with van der Waals surface area (Å²) in [5, 5.41) is 3.66. The molecule has 0 amide bonds. The van der Waals surface area contributed by atoms with Gasteiger partial charge in [0.05, 0.1) is 13.2 Å². The first-order chi connectivity index (χ1) is 12.0. The minimum Gasteiger partial charge on any atom is -0.496 e. The summed E-state index contributed by atoms with van der Waals surface area (Å²) in [6.07, 6.45) is 0.990. The molecule has 0 saturated carbocycles. The van der Waals surface area contributed by atoms with Crippen molar-refractivity contribution in [3.63, 3.8) is 0 Å². The van der Waals surface area contributed by atoms with Crippen LogP contribution in [0.2, 0.25) is 0 Å². The first kappa shape index (κ1) is 16.3. The van der Waals surface area contributed by atoms with Crippen LogP contribution in [0, 0.1) is 0 Å². The Balaban J connectivity index is 1.84. The maximum Gasteiger partial charge on any atom is 0.231 e. The normalized spacial score (nSPS) is 18.8. The minimum atomic E-state index is 0.0907. The van der Waals surface area contributed by atoms with Crippen molar-refractivity contribution in [1.29, 1.82) is 0 Å². The standard InChI is InChI=1S/C21H25NO3/c1-21(2,3)14-5-6-17(23-4)16(10-14)20-15-11-19-18(24-12-25-19)9-13(15)7-8-22-20/h5-6,9-11,20,22H,7-8,12H2,1-4H3. The molecule has 4 heteroatoms. The van der Waals surface area contributed by atoms with E-state index < -0.39 is 0 Å². The van der Waals surface area contributed by atoms with Gasteiger partial charge < -0.3 is 19.5 Å². The summed E-state index contributed by atoms with van der Waals surface area (Å²) < 4.78 is 16.8. The lowest BCUT2D eigenvalue weighted by molar-refractivity contribution is 0.174. The molecule has 25 heavy (non-hydrogen) atoms. The lowest BCUT2D eigenvalue weighted by Gasteiger charge is -2.30. The Morgan fingerprint density at radius 2 is 1.80 bits per heavy atom. The summed E-state index contributed by atoms with van der Waals surface area (Å²) in [5.74, 6) is 2.60. The molecule has 2 aliphatic heterocycles. The zero-order chi connectivity index (χ0) is 17.6. The van der Waals surface area contributed by atoms with Crippen molar-refractivity contribution in [3.8, 4) is 17.2 Å². The first-order valence-corrected chi connectivity index (χ1v) is 8.81. The highest BCUT2D eigenvalue weighted by Crippen LogP contribution is 2.42. The fraction of sp³-hybridized carbons (Fsp3) is 0.429. The first-order valence-electron chi connectivity index (χ1n) is 8.81. The van der Waals surface area contributed by atoms with Gasteiger partial charge in [-0.1, -0.05) is 26.8 Å². The third-order valence-electron chi connectivity index (χ3n) is 5.09. The van der Waals surface area contributed by atoms with E-state index in [-0.39, 0.29) is 11.5 Å². The Labute approximate surface area is 149 Å². The van der Waals surface area contributed by atoms with Crippen molar-refractivity contribution < 1.29 is 14.2 Å². The van der Waals surface area contributed by atoms with E-state index in [9.17, 15) is 0 Å². The van der Waals surface area contributed by atoms with E-state index in [0.717, 1.165) is 30.2 Å². The topological polar surface area (TPSA) is 39.7 Å². The molecule has 132 valence electrons. The van der Waals surface area contributed by atoms with E-state index in [1.54, 1.807) is 7.11 Å². The Hall–Kier alpha value is -2.20. The van der Waals surface area contributed by atoms with E-state index in [4.69, 9.17) is 14.2 Å². The van der Waals surface area contributed by atoms with Crippen LogP contribution in [-0.2, 0) is 11.8 Å². The molecule has 0 fully saturated rings. The van der Waals surface area contributed by atoms with Crippen molar-refractivity contribution in [3.05, 3.63) is 52.6 Å².